The molecular weight excluding hydrogens is 332 g/mol. The van der Waals surface area contributed by atoms with Crippen molar-refractivity contribution in [1.29, 1.82) is 0 Å². The van der Waals surface area contributed by atoms with Gasteiger partial charge in [0.25, 0.3) is 0 Å². The second-order valence-corrected chi connectivity index (χ2v) is 6.58. The van der Waals surface area contributed by atoms with Crippen LogP contribution in [0.3, 0.4) is 0 Å². The zero-order chi connectivity index (χ0) is 19.1. The lowest BCUT2D eigenvalue weighted by molar-refractivity contribution is -0.116. The molecule has 3 nitrogen and oxygen atoms in total. The lowest BCUT2D eigenvalue weighted by Crippen LogP contribution is -2.12. The molecule has 0 unspecified atom stereocenters. The van der Waals surface area contributed by atoms with Crippen molar-refractivity contribution in [2.75, 3.05) is 5.32 Å². The summed E-state index contributed by atoms with van der Waals surface area (Å²) in [5.41, 5.74) is 5.19. The average molecular weight is 356 g/mol. The molecule has 0 aliphatic carbocycles. The number of hydrogen-bond acceptors (Lipinski definition) is 2. The largest absolute Gasteiger partial charge is 0.324 e. The molecule has 1 amide bonds. The summed E-state index contributed by atoms with van der Waals surface area (Å²) >= 11 is 0. The number of pyridine rings is 1. The first-order valence-electron chi connectivity index (χ1n) is 9.17. The Morgan fingerprint density at radius 3 is 2.70 bits per heavy atom. The molecule has 136 valence electrons. The van der Waals surface area contributed by atoms with E-state index >= 15 is 0 Å². The standard InChI is InChI=1S/C24H24N2O/c1-3-8-19(17-21-10-5-4-9-18(21)2)14-15-23(27)26-22-13-6-11-20-12-7-16-25-24(20)22/h3-7,9-13,16-17H,1,8,14-15H2,2H3,(H,26,27). The molecule has 0 radical (unpaired) electrons. The van der Waals surface area contributed by atoms with Gasteiger partial charge in [-0.15, -0.1) is 6.58 Å². The Hall–Kier alpha value is -3.20. The van der Waals surface area contributed by atoms with Crippen molar-refractivity contribution in [3.8, 4) is 0 Å². The minimum Gasteiger partial charge on any atom is -0.324 e. The van der Waals surface area contributed by atoms with Crippen LogP contribution in [-0.2, 0) is 4.79 Å². The Balaban J connectivity index is 1.69. The highest BCUT2D eigenvalue weighted by molar-refractivity contribution is 6.00. The predicted molar refractivity (Wildman–Crippen MR) is 114 cm³/mol. The number of amides is 1. The third kappa shape index (κ3) is 4.91. The van der Waals surface area contributed by atoms with Gasteiger partial charge in [0.15, 0.2) is 0 Å². The van der Waals surface area contributed by atoms with E-state index < -0.39 is 0 Å². The fourth-order valence-electron chi connectivity index (χ4n) is 3.08. The summed E-state index contributed by atoms with van der Waals surface area (Å²) in [6, 6.07) is 18.0. The van der Waals surface area contributed by atoms with E-state index in [0.717, 1.165) is 23.0 Å². The van der Waals surface area contributed by atoms with E-state index in [2.05, 4.69) is 42.0 Å². The van der Waals surface area contributed by atoms with Gasteiger partial charge in [-0.3, -0.25) is 9.78 Å². The minimum absolute atomic E-state index is 0.00658. The molecule has 0 aliphatic rings. The maximum Gasteiger partial charge on any atom is 0.224 e. The predicted octanol–water partition coefficient (Wildman–Crippen LogP) is 5.92. The number of anilines is 1. The molecule has 1 aromatic heterocycles. The van der Waals surface area contributed by atoms with E-state index in [9.17, 15) is 4.79 Å². The van der Waals surface area contributed by atoms with Crippen LogP contribution >= 0.6 is 0 Å². The Morgan fingerprint density at radius 2 is 1.89 bits per heavy atom. The van der Waals surface area contributed by atoms with E-state index in [4.69, 9.17) is 0 Å². The second kappa shape index (κ2) is 8.95. The second-order valence-electron chi connectivity index (χ2n) is 6.58. The first-order valence-corrected chi connectivity index (χ1v) is 9.17. The molecule has 0 atom stereocenters. The molecule has 0 fully saturated rings. The highest BCUT2D eigenvalue weighted by Crippen LogP contribution is 2.22. The Kier molecular flexibility index (Phi) is 6.16. The van der Waals surface area contributed by atoms with Crippen molar-refractivity contribution in [1.82, 2.24) is 4.98 Å². The molecule has 3 aromatic rings. The van der Waals surface area contributed by atoms with Crippen LogP contribution in [0.25, 0.3) is 17.0 Å². The van der Waals surface area contributed by atoms with Crippen LogP contribution in [0.15, 0.2) is 79.0 Å². The fourth-order valence-corrected chi connectivity index (χ4v) is 3.08. The van der Waals surface area contributed by atoms with E-state index in [1.807, 2.05) is 48.5 Å². The van der Waals surface area contributed by atoms with Gasteiger partial charge < -0.3 is 5.32 Å². The molecule has 0 spiro atoms. The van der Waals surface area contributed by atoms with Crippen LogP contribution in [0.4, 0.5) is 5.69 Å². The van der Waals surface area contributed by atoms with Gasteiger partial charge >= 0.3 is 0 Å². The monoisotopic (exact) mass is 356 g/mol. The number of aryl methyl sites for hydroxylation is 1. The summed E-state index contributed by atoms with van der Waals surface area (Å²) in [5.74, 6) is -0.00658. The maximum atomic E-state index is 12.5. The smallest absolute Gasteiger partial charge is 0.224 e. The SMILES string of the molecule is C=CCC(=Cc1ccccc1C)CCC(=O)Nc1cccc2cccnc12. The van der Waals surface area contributed by atoms with Crippen LogP contribution in [-0.4, -0.2) is 10.9 Å². The van der Waals surface area contributed by atoms with E-state index in [-0.39, 0.29) is 5.91 Å². The van der Waals surface area contributed by atoms with Crippen molar-refractivity contribution in [3.05, 3.63) is 90.1 Å². The van der Waals surface area contributed by atoms with Crippen molar-refractivity contribution in [3.63, 3.8) is 0 Å². The number of hydrogen-bond donors (Lipinski definition) is 1. The quantitative estimate of drug-likeness (QED) is 0.534. The molecule has 1 N–H and O–H groups in total. The van der Waals surface area contributed by atoms with Gasteiger partial charge in [0, 0.05) is 18.0 Å². The molecule has 0 aliphatic heterocycles. The summed E-state index contributed by atoms with van der Waals surface area (Å²) < 4.78 is 0. The van der Waals surface area contributed by atoms with E-state index in [1.54, 1.807) is 6.20 Å². The van der Waals surface area contributed by atoms with Crippen molar-refractivity contribution in [2.45, 2.75) is 26.2 Å². The Bertz CT molecular complexity index is 983. The van der Waals surface area contributed by atoms with E-state index in [1.165, 1.54) is 16.7 Å². The summed E-state index contributed by atoms with van der Waals surface area (Å²) in [5, 5.41) is 4.02. The normalized spacial score (nSPS) is 11.4. The summed E-state index contributed by atoms with van der Waals surface area (Å²) in [6.45, 7) is 5.94. The zero-order valence-corrected chi connectivity index (χ0v) is 15.6. The van der Waals surface area contributed by atoms with E-state index in [0.29, 0.717) is 12.8 Å². The molecular formula is C24H24N2O. The molecule has 0 bridgehead atoms. The third-order valence-corrected chi connectivity index (χ3v) is 4.53. The van der Waals surface area contributed by atoms with Gasteiger partial charge in [-0.25, -0.2) is 0 Å². The first-order chi connectivity index (χ1) is 13.2. The third-order valence-electron chi connectivity index (χ3n) is 4.53. The number of rotatable bonds is 7. The number of nitrogens with one attached hydrogen (secondary N) is 1. The lowest BCUT2D eigenvalue weighted by atomic mass is 10.0. The number of para-hydroxylation sites is 1. The van der Waals surface area contributed by atoms with Crippen molar-refractivity contribution >= 4 is 28.6 Å². The van der Waals surface area contributed by atoms with Gasteiger partial charge in [0.2, 0.25) is 5.91 Å². The number of benzene rings is 2. The van der Waals surface area contributed by atoms with Gasteiger partial charge in [0.1, 0.15) is 0 Å². The van der Waals surface area contributed by atoms with Crippen LogP contribution in [0.1, 0.15) is 30.4 Å². The molecule has 0 saturated heterocycles. The first kappa shape index (κ1) is 18.6. The minimum atomic E-state index is -0.00658. The fraction of sp³-hybridized carbons (Fsp3) is 0.167. The number of aromatic nitrogens is 1. The number of carbonyl (C=O) groups excluding carboxylic acids is 1. The molecule has 27 heavy (non-hydrogen) atoms. The summed E-state index contributed by atoms with van der Waals surface area (Å²) in [6.07, 6.45) is 7.70. The highest BCUT2D eigenvalue weighted by Gasteiger charge is 2.08. The lowest BCUT2D eigenvalue weighted by Gasteiger charge is -2.10. The van der Waals surface area contributed by atoms with Crippen LogP contribution in [0, 0.1) is 6.92 Å². The summed E-state index contributed by atoms with van der Waals surface area (Å²) in [7, 11) is 0. The molecule has 0 saturated carbocycles. The number of fused-ring (bicyclic) bond motifs is 1. The van der Waals surface area contributed by atoms with Gasteiger partial charge in [-0.2, -0.15) is 0 Å². The molecule has 2 aromatic carbocycles. The molecule has 3 heteroatoms. The molecule has 3 rings (SSSR count). The van der Waals surface area contributed by atoms with Crippen LogP contribution in [0.5, 0.6) is 0 Å². The zero-order valence-electron chi connectivity index (χ0n) is 15.6. The van der Waals surface area contributed by atoms with Gasteiger partial charge in [-0.1, -0.05) is 60.2 Å². The highest BCUT2D eigenvalue weighted by atomic mass is 16.1. The number of nitrogens with zero attached hydrogens (tertiary/aromatic N) is 1. The average Bonchev–Trinajstić information content (AvgIpc) is 2.68. The number of allylic oxidation sites excluding steroid dienone is 2. The van der Waals surface area contributed by atoms with Crippen LogP contribution < -0.4 is 5.32 Å². The maximum absolute atomic E-state index is 12.5. The van der Waals surface area contributed by atoms with Gasteiger partial charge in [-0.05, 0) is 43.0 Å². The summed E-state index contributed by atoms with van der Waals surface area (Å²) in [4.78, 5) is 16.9. The van der Waals surface area contributed by atoms with Gasteiger partial charge in [0.05, 0.1) is 11.2 Å². The van der Waals surface area contributed by atoms with Crippen molar-refractivity contribution in [2.24, 2.45) is 0 Å². The molecule has 1 heterocycles. The Morgan fingerprint density at radius 1 is 1.07 bits per heavy atom. The van der Waals surface area contributed by atoms with Crippen molar-refractivity contribution < 1.29 is 4.79 Å². The topological polar surface area (TPSA) is 42.0 Å². The Labute approximate surface area is 160 Å². The number of carbonyl (C=O) groups is 1. The van der Waals surface area contributed by atoms with Crippen LogP contribution in [0.2, 0.25) is 0 Å².